The Kier molecular flexibility index (Phi) is 5.66. The SMILES string of the molecule is Cc1cccc(OCCN)c1[N+](=O)[O-].Cl. The standard InChI is InChI=1S/C9H12N2O3.ClH/c1-7-3-2-4-8(14-6-5-10)9(7)11(12)13;/h2-4H,5-6,10H2,1H3;1H. The number of nitrogens with zero attached hydrogens (tertiary/aromatic N) is 1. The third-order valence-electron chi connectivity index (χ3n) is 1.76. The van der Waals surface area contributed by atoms with E-state index in [1.807, 2.05) is 0 Å². The molecule has 0 spiro atoms. The molecule has 0 aliphatic carbocycles. The van der Waals surface area contributed by atoms with E-state index in [9.17, 15) is 10.1 Å². The van der Waals surface area contributed by atoms with Crippen LogP contribution in [0.25, 0.3) is 0 Å². The van der Waals surface area contributed by atoms with Crippen LogP contribution in [-0.2, 0) is 0 Å². The Morgan fingerprint density at radius 2 is 2.20 bits per heavy atom. The molecule has 0 fully saturated rings. The lowest BCUT2D eigenvalue weighted by atomic mass is 10.2. The van der Waals surface area contributed by atoms with E-state index < -0.39 is 4.92 Å². The summed E-state index contributed by atoms with van der Waals surface area (Å²) in [6, 6.07) is 4.96. The predicted molar refractivity (Wildman–Crippen MR) is 59.6 cm³/mol. The number of halogens is 1. The zero-order valence-corrected chi connectivity index (χ0v) is 9.12. The summed E-state index contributed by atoms with van der Waals surface area (Å²) >= 11 is 0. The number of hydrogen-bond acceptors (Lipinski definition) is 4. The van der Waals surface area contributed by atoms with Gasteiger partial charge in [-0.25, -0.2) is 0 Å². The Labute approximate surface area is 93.8 Å². The van der Waals surface area contributed by atoms with Crippen LogP contribution in [0.2, 0.25) is 0 Å². The molecular weight excluding hydrogens is 220 g/mol. The highest BCUT2D eigenvalue weighted by molar-refractivity contribution is 5.85. The van der Waals surface area contributed by atoms with Gasteiger partial charge in [-0.1, -0.05) is 12.1 Å². The zero-order chi connectivity index (χ0) is 10.6. The van der Waals surface area contributed by atoms with Gasteiger partial charge in [-0.2, -0.15) is 0 Å². The first-order chi connectivity index (χ1) is 6.66. The molecule has 0 aromatic heterocycles. The zero-order valence-electron chi connectivity index (χ0n) is 8.30. The van der Waals surface area contributed by atoms with E-state index in [1.54, 1.807) is 25.1 Å². The second kappa shape index (κ2) is 6.21. The summed E-state index contributed by atoms with van der Waals surface area (Å²) in [4.78, 5) is 10.3. The highest BCUT2D eigenvalue weighted by atomic mass is 35.5. The van der Waals surface area contributed by atoms with Gasteiger partial charge in [0.2, 0.25) is 0 Å². The van der Waals surface area contributed by atoms with Crippen molar-refractivity contribution in [3.8, 4) is 5.75 Å². The van der Waals surface area contributed by atoms with Crippen LogP contribution < -0.4 is 10.5 Å². The predicted octanol–water partition coefficient (Wildman–Crippen LogP) is 1.66. The van der Waals surface area contributed by atoms with Crippen molar-refractivity contribution in [3.05, 3.63) is 33.9 Å². The number of rotatable bonds is 4. The molecule has 0 unspecified atom stereocenters. The van der Waals surface area contributed by atoms with Crippen LogP contribution >= 0.6 is 12.4 Å². The second-order valence-corrected chi connectivity index (χ2v) is 2.82. The first-order valence-corrected chi connectivity index (χ1v) is 4.23. The van der Waals surface area contributed by atoms with Gasteiger partial charge in [0.25, 0.3) is 0 Å². The summed E-state index contributed by atoms with van der Waals surface area (Å²) in [6.45, 7) is 2.29. The Morgan fingerprint density at radius 1 is 1.53 bits per heavy atom. The molecule has 0 bridgehead atoms. The molecule has 1 aromatic rings. The third kappa shape index (κ3) is 3.38. The third-order valence-corrected chi connectivity index (χ3v) is 1.76. The van der Waals surface area contributed by atoms with Gasteiger partial charge in [0.1, 0.15) is 6.61 Å². The molecule has 0 radical (unpaired) electrons. The van der Waals surface area contributed by atoms with E-state index in [2.05, 4.69) is 0 Å². The fourth-order valence-corrected chi connectivity index (χ4v) is 1.15. The summed E-state index contributed by atoms with van der Waals surface area (Å²) in [5.41, 5.74) is 5.85. The minimum absolute atomic E-state index is 0. The fourth-order valence-electron chi connectivity index (χ4n) is 1.15. The van der Waals surface area contributed by atoms with Crippen LogP contribution in [-0.4, -0.2) is 18.1 Å². The van der Waals surface area contributed by atoms with Crippen LogP contribution in [0.4, 0.5) is 5.69 Å². The molecule has 2 N–H and O–H groups in total. The minimum Gasteiger partial charge on any atom is -0.485 e. The Morgan fingerprint density at radius 3 is 2.73 bits per heavy atom. The highest BCUT2D eigenvalue weighted by Gasteiger charge is 2.17. The lowest BCUT2D eigenvalue weighted by Gasteiger charge is -2.06. The number of aryl methyl sites for hydroxylation is 1. The average molecular weight is 233 g/mol. The Balaban J connectivity index is 0.00000196. The van der Waals surface area contributed by atoms with E-state index in [0.29, 0.717) is 12.1 Å². The van der Waals surface area contributed by atoms with Crippen molar-refractivity contribution in [2.45, 2.75) is 6.92 Å². The van der Waals surface area contributed by atoms with Gasteiger partial charge in [0, 0.05) is 12.1 Å². The van der Waals surface area contributed by atoms with E-state index in [1.165, 1.54) is 0 Å². The summed E-state index contributed by atoms with van der Waals surface area (Å²) in [5, 5.41) is 10.7. The maximum Gasteiger partial charge on any atom is 0.313 e. The molecule has 0 amide bonds. The molecule has 1 rings (SSSR count). The van der Waals surface area contributed by atoms with E-state index >= 15 is 0 Å². The number of ether oxygens (including phenoxy) is 1. The molecule has 5 nitrogen and oxygen atoms in total. The normalized spacial score (nSPS) is 9.20. The summed E-state index contributed by atoms with van der Waals surface area (Å²) in [6.07, 6.45) is 0. The topological polar surface area (TPSA) is 78.4 Å². The van der Waals surface area contributed by atoms with E-state index in [-0.39, 0.29) is 30.5 Å². The lowest BCUT2D eigenvalue weighted by Crippen LogP contribution is -2.11. The molecule has 0 aliphatic heterocycles. The Bertz CT molecular complexity index is 344. The summed E-state index contributed by atoms with van der Waals surface area (Å²) < 4.78 is 5.16. The van der Waals surface area contributed by atoms with Gasteiger partial charge in [-0.3, -0.25) is 10.1 Å². The molecule has 0 aliphatic rings. The highest BCUT2D eigenvalue weighted by Crippen LogP contribution is 2.29. The van der Waals surface area contributed by atoms with Crippen molar-refractivity contribution in [2.75, 3.05) is 13.2 Å². The van der Waals surface area contributed by atoms with E-state index in [4.69, 9.17) is 10.5 Å². The number of hydrogen-bond donors (Lipinski definition) is 1. The number of nitrogens with two attached hydrogens (primary N) is 1. The number of benzene rings is 1. The first kappa shape index (κ1) is 13.7. The van der Waals surface area contributed by atoms with Gasteiger partial charge in [-0.15, -0.1) is 12.4 Å². The maximum absolute atomic E-state index is 10.7. The average Bonchev–Trinajstić information content (AvgIpc) is 2.14. The monoisotopic (exact) mass is 232 g/mol. The van der Waals surface area contributed by atoms with Crippen LogP contribution in [0.5, 0.6) is 5.75 Å². The fraction of sp³-hybridized carbons (Fsp3) is 0.333. The molecule has 84 valence electrons. The molecule has 0 saturated carbocycles. The Hall–Kier alpha value is -1.33. The molecule has 6 heteroatoms. The lowest BCUT2D eigenvalue weighted by molar-refractivity contribution is -0.386. The molecule has 1 aromatic carbocycles. The summed E-state index contributed by atoms with van der Waals surface area (Å²) in [5.74, 6) is 0.278. The molecule has 0 heterocycles. The molecule has 0 atom stereocenters. The van der Waals surface area contributed by atoms with Crippen molar-refractivity contribution < 1.29 is 9.66 Å². The number of nitro benzene ring substituents is 1. The second-order valence-electron chi connectivity index (χ2n) is 2.82. The van der Waals surface area contributed by atoms with E-state index in [0.717, 1.165) is 0 Å². The number of para-hydroxylation sites is 1. The smallest absolute Gasteiger partial charge is 0.313 e. The minimum atomic E-state index is -0.443. The quantitative estimate of drug-likeness (QED) is 0.633. The molecule has 15 heavy (non-hydrogen) atoms. The van der Waals surface area contributed by atoms with Gasteiger partial charge < -0.3 is 10.5 Å². The van der Waals surface area contributed by atoms with Crippen LogP contribution in [0.15, 0.2) is 18.2 Å². The van der Waals surface area contributed by atoms with Crippen molar-refractivity contribution in [1.29, 1.82) is 0 Å². The van der Waals surface area contributed by atoms with Gasteiger partial charge >= 0.3 is 5.69 Å². The van der Waals surface area contributed by atoms with Gasteiger partial charge in [0.05, 0.1) is 4.92 Å². The van der Waals surface area contributed by atoms with Crippen LogP contribution in [0.3, 0.4) is 0 Å². The largest absolute Gasteiger partial charge is 0.485 e. The summed E-state index contributed by atoms with van der Waals surface area (Å²) in [7, 11) is 0. The van der Waals surface area contributed by atoms with Crippen molar-refractivity contribution >= 4 is 18.1 Å². The van der Waals surface area contributed by atoms with Crippen LogP contribution in [0.1, 0.15) is 5.56 Å². The van der Waals surface area contributed by atoms with Crippen LogP contribution in [0, 0.1) is 17.0 Å². The van der Waals surface area contributed by atoms with Gasteiger partial charge in [0.15, 0.2) is 5.75 Å². The van der Waals surface area contributed by atoms with Gasteiger partial charge in [-0.05, 0) is 13.0 Å². The van der Waals surface area contributed by atoms with Crippen molar-refractivity contribution in [2.24, 2.45) is 5.73 Å². The number of nitro groups is 1. The molecule has 0 saturated heterocycles. The van der Waals surface area contributed by atoms with Crippen molar-refractivity contribution in [3.63, 3.8) is 0 Å². The maximum atomic E-state index is 10.7. The molecular formula is C9H13ClN2O3. The van der Waals surface area contributed by atoms with Crippen molar-refractivity contribution in [1.82, 2.24) is 0 Å². The first-order valence-electron chi connectivity index (χ1n) is 4.23.